The molecule has 0 bridgehead atoms. The predicted octanol–water partition coefficient (Wildman–Crippen LogP) is 2.51. The number of ether oxygens (including phenoxy) is 1. The average molecular weight is 344 g/mol. The van der Waals surface area contributed by atoms with Crippen molar-refractivity contribution >= 4 is 29.2 Å². The number of nitrogens with zero attached hydrogens (tertiary/aromatic N) is 3. The molecule has 1 heterocycles. The number of carbonyl (C=O) groups excluding carboxylic acids is 1. The van der Waals surface area contributed by atoms with Crippen molar-refractivity contribution in [2.45, 2.75) is 51.3 Å². The molecule has 0 unspecified atom stereocenters. The normalized spacial score (nSPS) is 20.3. The third-order valence-corrected chi connectivity index (χ3v) is 3.31. The minimum Gasteiger partial charge on any atom is -0.446 e. The molecule has 2 rings (SSSR count). The summed E-state index contributed by atoms with van der Waals surface area (Å²) in [4.78, 5) is 29.4. The number of carbonyl (C=O) groups is 1. The fourth-order valence-electron chi connectivity index (χ4n) is 2.05. The third kappa shape index (κ3) is 4.92. The minimum absolute atomic E-state index is 0.0672. The lowest BCUT2D eigenvalue weighted by Crippen LogP contribution is -2.47. The first-order valence-corrected chi connectivity index (χ1v) is 7.44. The van der Waals surface area contributed by atoms with E-state index in [1.807, 2.05) is 20.8 Å². The van der Waals surface area contributed by atoms with Gasteiger partial charge >= 0.3 is 11.8 Å². The van der Waals surface area contributed by atoms with Crippen molar-refractivity contribution in [3.05, 3.63) is 21.6 Å². The van der Waals surface area contributed by atoms with E-state index in [9.17, 15) is 14.9 Å². The second-order valence-electron chi connectivity index (χ2n) is 6.34. The number of hydrogen-bond acceptors (Lipinski definition) is 7. The van der Waals surface area contributed by atoms with Gasteiger partial charge in [-0.1, -0.05) is 0 Å². The molecule has 1 aromatic rings. The monoisotopic (exact) mass is 343 g/mol. The predicted molar refractivity (Wildman–Crippen MR) is 83.5 cm³/mol. The Morgan fingerprint density at radius 2 is 2.13 bits per heavy atom. The third-order valence-electron chi connectivity index (χ3n) is 3.12. The van der Waals surface area contributed by atoms with Crippen molar-refractivity contribution in [3.8, 4) is 0 Å². The summed E-state index contributed by atoms with van der Waals surface area (Å²) in [5, 5.41) is 16.5. The highest BCUT2D eigenvalue weighted by Gasteiger charge is 2.34. The highest BCUT2D eigenvalue weighted by Crippen LogP contribution is 2.30. The first kappa shape index (κ1) is 17.2. The van der Waals surface area contributed by atoms with Crippen LogP contribution in [0.1, 0.15) is 33.6 Å². The number of nitro groups is 1. The molecule has 23 heavy (non-hydrogen) atoms. The Morgan fingerprint density at radius 1 is 1.48 bits per heavy atom. The van der Waals surface area contributed by atoms with E-state index >= 15 is 0 Å². The van der Waals surface area contributed by atoms with Crippen LogP contribution < -0.4 is 10.6 Å². The second-order valence-corrected chi connectivity index (χ2v) is 6.68. The largest absolute Gasteiger partial charge is 0.446 e. The molecule has 1 aromatic heterocycles. The molecular weight excluding hydrogens is 326 g/mol. The van der Waals surface area contributed by atoms with Crippen LogP contribution in [0.15, 0.2) is 6.20 Å². The van der Waals surface area contributed by atoms with Gasteiger partial charge in [-0.05, 0) is 32.4 Å². The molecule has 1 fully saturated rings. The lowest BCUT2D eigenvalue weighted by Gasteiger charge is -2.35. The van der Waals surface area contributed by atoms with Gasteiger partial charge in [-0.3, -0.25) is 10.1 Å². The summed E-state index contributed by atoms with van der Waals surface area (Å²) in [5.41, 5.74) is -0.610. The van der Waals surface area contributed by atoms with Crippen molar-refractivity contribution in [1.82, 2.24) is 15.3 Å². The topological polar surface area (TPSA) is 119 Å². The zero-order valence-corrected chi connectivity index (χ0v) is 13.8. The van der Waals surface area contributed by atoms with Crippen LogP contribution in [0.2, 0.25) is 5.28 Å². The lowest BCUT2D eigenvalue weighted by atomic mass is 9.89. The highest BCUT2D eigenvalue weighted by molar-refractivity contribution is 6.28. The molecule has 9 nitrogen and oxygen atoms in total. The Balaban J connectivity index is 1.86. The lowest BCUT2D eigenvalue weighted by molar-refractivity contribution is -0.384. The van der Waals surface area contributed by atoms with Crippen LogP contribution in [-0.4, -0.2) is 38.7 Å². The first-order valence-electron chi connectivity index (χ1n) is 7.06. The van der Waals surface area contributed by atoms with E-state index in [0.29, 0.717) is 12.8 Å². The Bertz CT molecular complexity index is 613. The molecule has 0 saturated heterocycles. The molecule has 2 N–H and O–H groups in total. The van der Waals surface area contributed by atoms with E-state index in [-0.39, 0.29) is 34.5 Å². The van der Waals surface area contributed by atoms with Crippen molar-refractivity contribution in [2.24, 2.45) is 0 Å². The zero-order chi connectivity index (χ0) is 17.2. The van der Waals surface area contributed by atoms with E-state index in [1.165, 1.54) is 0 Å². The Morgan fingerprint density at radius 3 is 2.70 bits per heavy atom. The Kier molecular flexibility index (Phi) is 4.88. The summed E-state index contributed by atoms with van der Waals surface area (Å²) >= 11 is 5.66. The molecule has 126 valence electrons. The molecule has 0 radical (unpaired) electrons. The maximum Gasteiger partial charge on any atom is 0.407 e. The average Bonchev–Trinajstić information content (AvgIpc) is 2.33. The van der Waals surface area contributed by atoms with Crippen molar-refractivity contribution in [3.63, 3.8) is 0 Å². The van der Waals surface area contributed by atoms with Gasteiger partial charge in [0.25, 0.3) is 0 Å². The smallest absolute Gasteiger partial charge is 0.407 e. The summed E-state index contributed by atoms with van der Waals surface area (Å²) < 4.78 is 5.25. The van der Waals surface area contributed by atoms with Crippen LogP contribution in [0.3, 0.4) is 0 Å². The standard InChI is InChI=1S/C13H18ClN5O4/c1-13(2,3)18-12(20)23-8-4-7(5-8)16-10-9(19(21)22)6-15-11(14)17-10/h6-8H,4-5H2,1-3H3,(H,18,20)(H,15,16,17). The van der Waals surface area contributed by atoms with E-state index in [1.54, 1.807) is 0 Å². The number of alkyl carbamates (subject to hydrolysis) is 1. The minimum atomic E-state index is -0.581. The number of rotatable bonds is 4. The van der Waals surface area contributed by atoms with Gasteiger partial charge in [-0.2, -0.15) is 4.98 Å². The van der Waals surface area contributed by atoms with Crippen LogP contribution in [0.4, 0.5) is 16.3 Å². The Labute approximate surface area is 137 Å². The van der Waals surface area contributed by atoms with Gasteiger partial charge in [0.1, 0.15) is 12.3 Å². The van der Waals surface area contributed by atoms with E-state index < -0.39 is 11.0 Å². The van der Waals surface area contributed by atoms with Crippen LogP contribution in [-0.2, 0) is 4.74 Å². The van der Waals surface area contributed by atoms with Crippen LogP contribution in [0.25, 0.3) is 0 Å². The van der Waals surface area contributed by atoms with Crippen molar-refractivity contribution < 1.29 is 14.5 Å². The molecule has 1 amide bonds. The van der Waals surface area contributed by atoms with Gasteiger partial charge in [0.2, 0.25) is 11.1 Å². The summed E-state index contributed by atoms with van der Waals surface area (Å²) in [7, 11) is 0. The van der Waals surface area contributed by atoms with E-state index in [2.05, 4.69) is 20.6 Å². The number of hydrogen-bond donors (Lipinski definition) is 2. The van der Waals surface area contributed by atoms with Gasteiger partial charge in [-0.15, -0.1) is 0 Å². The fourth-order valence-corrected chi connectivity index (χ4v) is 2.19. The van der Waals surface area contributed by atoms with Crippen molar-refractivity contribution in [1.29, 1.82) is 0 Å². The zero-order valence-electron chi connectivity index (χ0n) is 13.0. The van der Waals surface area contributed by atoms with Gasteiger partial charge in [0.05, 0.1) is 4.92 Å². The fraction of sp³-hybridized carbons (Fsp3) is 0.615. The highest BCUT2D eigenvalue weighted by atomic mass is 35.5. The van der Waals surface area contributed by atoms with Gasteiger partial charge in [0, 0.05) is 24.4 Å². The van der Waals surface area contributed by atoms with Gasteiger partial charge in [0.15, 0.2) is 0 Å². The molecule has 1 aliphatic carbocycles. The van der Waals surface area contributed by atoms with Crippen LogP contribution in [0.5, 0.6) is 0 Å². The number of amides is 1. The number of anilines is 1. The van der Waals surface area contributed by atoms with Gasteiger partial charge < -0.3 is 15.4 Å². The summed E-state index contributed by atoms with van der Waals surface area (Å²) in [5.74, 6) is 0.0672. The maximum atomic E-state index is 11.6. The van der Waals surface area contributed by atoms with Crippen LogP contribution in [0, 0.1) is 10.1 Å². The molecule has 0 spiro atoms. The molecule has 0 atom stereocenters. The number of nitrogens with one attached hydrogen (secondary N) is 2. The molecular formula is C13H18ClN5O4. The Hall–Kier alpha value is -2.16. The van der Waals surface area contributed by atoms with Crippen LogP contribution >= 0.6 is 11.6 Å². The summed E-state index contributed by atoms with van der Waals surface area (Å²) in [6.07, 6.45) is 1.43. The molecule has 1 aliphatic rings. The number of aromatic nitrogens is 2. The SMILES string of the molecule is CC(C)(C)NC(=O)OC1CC(Nc2nc(Cl)ncc2[N+](=O)[O-])C1. The van der Waals surface area contributed by atoms with Crippen molar-refractivity contribution in [2.75, 3.05) is 5.32 Å². The number of halogens is 1. The molecule has 0 aliphatic heterocycles. The first-order chi connectivity index (χ1) is 10.6. The second kappa shape index (κ2) is 6.53. The molecule has 10 heteroatoms. The summed E-state index contributed by atoms with van der Waals surface area (Å²) in [6, 6.07) is -0.0768. The maximum absolute atomic E-state index is 11.6. The van der Waals surface area contributed by atoms with E-state index in [4.69, 9.17) is 16.3 Å². The quantitative estimate of drug-likeness (QED) is 0.489. The molecule has 1 saturated carbocycles. The summed E-state index contributed by atoms with van der Waals surface area (Å²) in [6.45, 7) is 5.58. The van der Waals surface area contributed by atoms with E-state index in [0.717, 1.165) is 6.20 Å². The molecule has 0 aromatic carbocycles. The van der Waals surface area contributed by atoms with Gasteiger partial charge in [-0.25, -0.2) is 9.78 Å².